The third kappa shape index (κ3) is 8.36. The Balaban J connectivity index is 0.00000208. The van der Waals surface area contributed by atoms with E-state index in [-0.39, 0.29) is 56.6 Å². The molecule has 0 fully saturated rings. The fourth-order valence-electron chi connectivity index (χ4n) is 7.77. The van der Waals surface area contributed by atoms with Gasteiger partial charge in [-0.05, 0) is 38.3 Å². The van der Waals surface area contributed by atoms with Gasteiger partial charge in [-0.25, -0.2) is 0 Å². The van der Waals surface area contributed by atoms with E-state index in [0.717, 1.165) is 13.0 Å². The minimum atomic E-state index is -2.27. The van der Waals surface area contributed by atoms with Crippen molar-refractivity contribution in [3.05, 3.63) is 120 Å². The molecular weight excluding hydrogens is 723 g/mol. The van der Waals surface area contributed by atoms with Gasteiger partial charge < -0.3 is 29.6 Å². The first-order valence-corrected chi connectivity index (χ1v) is 19.5. The van der Waals surface area contributed by atoms with Gasteiger partial charge in [-0.3, -0.25) is 0 Å². The molecule has 0 atom stereocenters. The topological polar surface area (TPSA) is 9.23 Å². The van der Waals surface area contributed by atoms with Crippen LogP contribution in [0.1, 0.15) is 57.6 Å². The molecule has 0 spiro atoms. The molecule has 0 heterocycles. The first-order chi connectivity index (χ1) is 21.7. The van der Waals surface area contributed by atoms with Crippen molar-refractivity contribution in [1.29, 1.82) is 0 Å². The summed E-state index contributed by atoms with van der Waals surface area (Å²) in [6.07, 6.45) is 4.81. The number of fused-ring (bicyclic) bond motifs is 2. The number of aryl methyl sites for hydroxylation is 2. The van der Waals surface area contributed by atoms with Crippen LogP contribution in [0.3, 0.4) is 0 Å². The van der Waals surface area contributed by atoms with Crippen molar-refractivity contribution in [3.8, 4) is 22.3 Å². The molecule has 0 saturated heterocycles. The van der Waals surface area contributed by atoms with Crippen LogP contribution in [0.15, 0.2) is 109 Å². The van der Waals surface area contributed by atoms with E-state index in [4.69, 9.17) is 4.74 Å². The van der Waals surface area contributed by atoms with Gasteiger partial charge in [0.05, 0.1) is 5.60 Å². The molecular formula is C43H48Cl2OSiZr. The monoisotopic (exact) mass is 768 g/mol. The van der Waals surface area contributed by atoms with Crippen LogP contribution in [0.5, 0.6) is 0 Å². The number of rotatable bonds is 11. The van der Waals surface area contributed by atoms with Gasteiger partial charge in [0, 0.05) is 14.7 Å². The van der Waals surface area contributed by atoms with Crippen molar-refractivity contribution < 1.29 is 55.8 Å². The van der Waals surface area contributed by atoms with Crippen molar-refractivity contribution in [2.75, 3.05) is 6.61 Å². The summed E-state index contributed by atoms with van der Waals surface area (Å²) in [4.78, 5) is 0. The van der Waals surface area contributed by atoms with E-state index in [2.05, 4.69) is 150 Å². The summed E-state index contributed by atoms with van der Waals surface area (Å²) in [5.74, 6) is 0. The molecule has 0 aromatic heterocycles. The predicted octanol–water partition coefficient (Wildman–Crippen LogP) is 4.96. The zero-order valence-corrected chi connectivity index (χ0v) is 34.3. The second-order valence-electron chi connectivity index (χ2n) is 14.1. The van der Waals surface area contributed by atoms with E-state index in [9.17, 15) is 0 Å². The molecule has 48 heavy (non-hydrogen) atoms. The van der Waals surface area contributed by atoms with Crippen LogP contribution in [-0.2, 0) is 30.9 Å². The Bertz CT molecular complexity index is 1780. The number of unbranched alkanes of at least 4 members (excludes halogenated alkanes) is 3. The first-order valence-electron chi connectivity index (χ1n) is 16.8. The van der Waals surface area contributed by atoms with Gasteiger partial charge in [0.2, 0.25) is 0 Å². The summed E-state index contributed by atoms with van der Waals surface area (Å²) in [6, 6.07) is 42.0. The molecule has 6 rings (SSSR count). The number of hydrogen-bond acceptors (Lipinski definition) is 1. The van der Waals surface area contributed by atoms with Gasteiger partial charge in [0.15, 0.2) is 0 Å². The molecule has 0 aliphatic heterocycles. The van der Waals surface area contributed by atoms with Crippen LogP contribution >= 0.6 is 0 Å². The van der Waals surface area contributed by atoms with Gasteiger partial charge in [0.1, 0.15) is 0 Å². The Morgan fingerprint density at radius 1 is 0.583 bits per heavy atom. The van der Waals surface area contributed by atoms with Crippen LogP contribution in [0, 0.1) is 13.8 Å². The largest absolute Gasteiger partial charge is 4.00 e. The zero-order valence-electron chi connectivity index (χ0n) is 29.3. The third-order valence-electron chi connectivity index (χ3n) is 9.61. The minimum Gasteiger partial charge on any atom is -1.00 e. The van der Waals surface area contributed by atoms with E-state index in [1.54, 1.807) is 10.4 Å². The van der Waals surface area contributed by atoms with Crippen molar-refractivity contribution in [2.24, 2.45) is 0 Å². The maximum Gasteiger partial charge on any atom is 4.00 e. The van der Waals surface area contributed by atoms with Crippen LogP contribution in [0.4, 0.5) is 0 Å². The Morgan fingerprint density at radius 3 is 1.46 bits per heavy atom. The number of hydrogen-bond donors (Lipinski definition) is 0. The average molecular weight is 771 g/mol. The van der Waals surface area contributed by atoms with Crippen molar-refractivity contribution >= 4 is 40.0 Å². The maximum atomic E-state index is 6.04. The summed E-state index contributed by atoms with van der Waals surface area (Å²) in [7, 11) is -2.27. The summed E-state index contributed by atoms with van der Waals surface area (Å²) < 4.78 is 6.04. The van der Waals surface area contributed by atoms with Gasteiger partial charge in [-0.15, -0.1) is 69.1 Å². The Labute approximate surface area is 321 Å². The van der Waals surface area contributed by atoms with Crippen LogP contribution in [0.2, 0.25) is 12.6 Å². The number of benzene rings is 4. The first kappa shape index (κ1) is 40.2. The quantitative estimate of drug-likeness (QED) is 0.103. The molecule has 0 unspecified atom stereocenters. The van der Waals surface area contributed by atoms with E-state index in [0.29, 0.717) is 0 Å². The molecule has 0 aliphatic carbocycles. The molecule has 248 valence electrons. The molecule has 0 saturated carbocycles. The average Bonchev–Trinajstić information content (AvgIpc) is 3.56. The van der Waals surface area contributed by atoms with Crippen LogP contribution in [0.25, 0.3) is 43.8 Å². The molecule has 0 N–H and O–H groups in total. The smallest absolute Gasteiger partial charge is 1.00 e. The van der Waals surface area contributed by atoms with E-state index < -0.39 is 8.07 Å². The second-order valence-corrected chi connectivity index (χ2v) is 18.3. The van der Waals surface area contributed by atoms with E-state index in [1.807, 2.05) is 0 Å². The second kappa shape index (κ2) is 17.1. The molecule has 1 nitrogen and oxygen atoms in total. The fraction of sp³-hybridized carbons (Fsp3) is 0.302. The SMILES string of the molecule is Cc1[cH-]c2cccc(-c3ccccc3)c2c1[Si](C)(CCCCCCOC(C)(C)C)c1c(C)[cH-]c2cccc(-c3ccccc3)c12.[Cl-].[Cl-].[Zr+4]. The summed E-state index contributed by atoms with van der Waals surface area (Å²) in [5.41, 5.74) is 8.18. The number of halogens is 2. The third-order valence-corrected chi connectivity index (χ3v) is 14.5. The summed E-state index contributed by atoms with van der Waals surface area (Å²) >= 11 is 0. The normalized spacial score (nSPS) is 11.6. The molecule has 0 radical (unpaired) electrons. The maximum absolute atomic E-state index is 6.04. The van der Waals surface area contributed by atoms with Crippen LogP contribution in [-0.4, -0.2) is 20.3 Å². The van der Waals surface area contributed by atoms with Crippen molar-refractivity contribution in [1.82, 2.24) is 0 Å². The zero-order chi connectivity index (χ0) is 31.6. The number of ether oxygens (including phenoxy) is 1. The van der Waals surface area contributed by atoms with Crippen molar-refractivity contribution in [3.63, 3.8) is 0 Å². The van der Waals surface area contributed by atoms with Gasteiger partial charge >= 0.3 is 26.2 Å². The predicted molar refractivity (Wildman–Crippen MR) is 199 cm³/mol. The molecule has 5 heteroatoms. The standard InChI is InChI=1S/C43H48OSi.2ClH.Zr/c1-31-29-35-23-17-25-37(33-19-11-9-12-20-33)39(35)41(31)45(6,28-16-8-7-15-27-44-43(3,4)5)42-32(2)30-36-24-18-26-38(40(36)42)34-21-13-10-14-22-34;;;/h9-14,17-26,29-30H,7-8,15-16,27-28H2,1-6H3;2*1H;/q-2;;;+4/p-2. The molecule has 6 aromatic rings. The van der Waals surface area contributed by atoms with Crippen LogP contribution < -0.4 is 35.2 Å². The molecule has 6 aromatic carbocycles. The summed E-state index contributed by atoms with van der Waals surface area (Å²) in [5, 5.41) is 8.95. The summed E-state index contributed by atoms with van der Waals surface area (Å²) in [6.45, 7) is 14.7. The Morgan fingerprint density at radius 2 is 1.02 bits per heavy atom. The van der Waals surface area contributed by atoms with E-state index >= 15 is 0 Å². The minimum absolute atomic E-state index is 0. The molecule has 0 amide bonds. The van der Waals surface area contributed by atoms with Gasteiger partial charge in [-0.1, -0.05) is 130 Å². The Kier molecular flexibility index (Phi) is 14.3. The van der Waals surface area contributed by atoms with Gasteiger partial charge in [0.25, 0.3) is 0 Å². The molecule has 0 aliphatic rings. The van der Waals surface area contributed by atoms with Crippen molar-refractivity contribution in [2.45, 2.75) is 78.5 Å². The molecule has 0 bridgehead atoms. The van der Waals surface area contributed by atoms with Gasteiger partial charge in [-0.2, -0.15) is 10.4 Å². The Hall–Kier alpha value is -2.26. The van der Waals surface area contributed by atoms with E-state index in [1.165, 1.54) is 80.2 Å². The fourth-order valence-corrected chi connectivity index (χ4v) is 13.0.